The lowest BCUT2D eigenvalue weighted by molar-refractivity contribution is 1.40. The summed E-state index contributed by atoms with van der Waals surface area (Å²) in [6.07, 6.45) is 0. The van der Waals surface area contributed by atoms with Crippen molar-refractivity contribution in [3.8, 4) is 0 Å². The molecule has 84 valence electrons. The Bertz CT molecular complexity index is 432. The molecule has 2 rings (SSSR count). The van der Waals surface area contributed by atoms with Crippen molar-refractivity contribution < 1.29 is 0 Å². The highest BCUT2D eigenvalue weighted by atomic mass is 35.5. The second kappa shape index (κ2) is 6.34. The van der Waals surface area contributed by atoms with Gasteiger partial charge >= 0.3 is 0 Å². The Morgan fingerprint density at radius 1 is 0.750 bits per heavy atom. The lowest BCUT2D eigenvalue weighted by Crippen LogP contribution is -1.75. The molecule has 0 unspecified atom stereocenters. The fourth-order valence-electron chi connectivity index (χ4n) is 1.23. The first-order valence-electron chi connectivity index (χ1n) is 5.34. The first kappa shape index (κ1) is 12.8. The molecule has 0 aliphatic rings. The molecule has 0 heterocycles. The Balaban J connectivity index is 0.000000165. The average molecular weight is 233 g/mol. The van der Waals surface area contributed by atoms with E-state index in [1.165, 1.54) is 11.1 Å². The fourth-order valence-corrected chi connectivity index (χ4v) is 1.47. The molecule has 0 amide bonds. The van der Waals surface area contributed by atoms with Gasteiger partial charge in [0.25, 0.3) is 0 Å². The van der Waals surface area contributed by atoms with Crippen molar-refractivity contribution in [2.75, 3.05) is 0 Å². The molecule has 0 aliphatic carbocycles. The Morgan fingerprint density at radius 3 is 1.75 bits per heavy atom. The summed E-state index contributed by atoms with van der Waals surface area (Å²) in [5.41, 5.74) is 3.68. The summed E-state index contributed by atoms with van der Waals surface area (Å²) < 4.78 is 0. The van der Waals surface area contributed by atoms with E-state index >= 15 is 0 Å². The zero-order valence-electron chi connectivity index (χ0n) is 10.00. The van der Waals surface area contributed by atoms with Gasteiger partial charge in [0.15, 0.2) is 0 Å². The van der Waals surface area contributed by atoms with Crippen LogP contribution in [0.1, 0.15) is 16.7 Å². The number of hydrogen-bond donors (Lipinski definition) is 0. The summed E-state index contributed by atoms with van der Waals surface area (Å²) in [5, 5.41) is 0.856. The minimum Gasteiger partial charge on any atom is -0.0840 e. The lowest BCUT2D eigenvalue weighted by atomic mass is 10.2. The molecule has 0 N–H and O–H groups in total. The molecule has 0 aliphatic heterocycles. The Hall–Kier alpha value is -1.27. The summed E-state index contributed by atoms with van der Waals surface area (Å²) >= 11 is 5.81. The number of hydrogen-bond acceptors (Lipinski definition) is 0. The predicted octanol–water partition coefficient (Wildman–Crippen LogP) is 4.95. The molecule has 0 atom stereocenters. The first-order valence-corrected chi connectivity index (χ1v) is 5.72. The molecule has 2 aromatic carbocycles. The van der Waals surface area contributed by atoms with E-state index in [0.29, 0.717) is 0 Å². The molecule has 16 heavy (non-hydrogen) atoms. The third kappa shape index (κ3) is 4.50. The molecule has 2 aromatic rings. The van der Waals surface area contributed by atoms with Gasteiger partial charge in [-0.25, -0.2) is 0 Å². The van der Waals surface area contributed by atoms with E-state index in [9.17, 15) is 0 Å². The molecular weight excluding hydrogens is 216 g/mol. The molecule has 0 radical (unpaired) electrons. The van der Waals surface area contributed by atoms with Crippen LogP contribution < -0.4 is 0 Å². The largest absolute Gasteiger partial charge is 0.0840 e. The molecule has 1 heteroatoms. The normalized spacial score (nSPS) is 9.25. The highest BCUT2D eigenvalue weighted by Gasteiger charge is 1.91. The second-order valence-corrected chi connectivity index (χ2v) is 4.31. The zero-order chi connectivity index (χ0) is 12.0. The molecule has 0 fully saturated rings. The minimum absolute atomic E-state index is 0.856. The van der Waals surface area contributed by atoms with Crippen molar-refractivity contribution >= 4 is 11.6 Å². The molecule has 0 spiro atoms. The van der Waals surface area contributed by atoms with Crippen molar-refractivity contribution in [1.29, 1.82) is 0 Å². The highest BCUT2D eigenvalue weighted by Crippen LogP contribution is 2.15. The van der Waals surface area contributed by atoms with Crippen molar-refractivity contribution in [1.82, 2.24) is 0 Å². The van der Waals surface area contributed by atoms with Crippen molar-refractivity contribution in [2.24, 2.45) is 0 Å². The number of benzene rings is 2. The molecular formula is C15H17Cl. The number of aryl methyl sites for hydroxylation is 3. The van der Waals surface area contributed by atoms with Crippen molar-refractivity contribution in [3.05, 3.63) is 70.2 Å². The van der Waals surface area contributed by atoms with Crippen LogP contribution in [0.3, 0.4) is 0 Å². The molecule has 0 saturated carbocycles. The molecule has 0 nitrogen and oxygen atoms in total. The monoisotopic (exact) mass is 232 g/mol. The standard InChI is InChI=1S/C8H9Cl.C7H8/c1-6-3-4-7(2)8(9)5-6;1-7-5-3-2-4-6-7/h3-5H,1-2H3;2-6H,1H3. The van der Waals surface area contributed by atoms with Gasteiger partial charge in [0, 0.05) is 5.02 Å². The van der Waals surface area contributed by atoms with Gasteiger partial charge in [-0.3, -0.25) is 0 Å². The molecule has 0 saturated heterocycles. The maximum atomic E-state index is 5.81. The summed E-state index contributed by atoms with van der Waals surface area (Å²) in [7, 11) is 0. The van der Waals surface area contributed by atoms with E-state index in [0.717, 1.165) is 10.6 Å². The van der Waals surface area contributed by atoms with Gasteiger partial charge in [0.2, 0.25) is 0 Å². The van der Waals surface area contributed by atoms with Crippen molar-refractivity contribution in [3.63, 3.8) is 0 Å². The van der Waals surface area contributed by atoms with Crippen LogP contribution in [0.4, 0.5) is 0 Å². The van der Waals surface area contributed by atoms with Crippen LogP contribution >= 0.6 is 11.6 Å². The van der Waals surface area contributed by atoms with Crippen LogP contribution in [-0.4, -0.2) is 0 Å². The van der Waals surface area contributed by atoms with Gasteiger partial charge in [-0.15, -0.1) is 0 Å². The maximum absolute atomic E-state index is 5.81. The predicted molar refractivity (Wildman–Crippen MR) is 72.1 cm³/mol. The average Bonchev–Trinajstić information content (AvgIpc) is 2.26. The van der Waals surface area contributed by atoms with E-state index in [2.05, 4.69) is 25.1 Å². The summed E-state index contributed by atoms with van der Waals surface area (Å²) in [5.74, 6) is 0. The quantitative estimate of drug-likeness (QED) is 0.603. The summed E-state index contributed by atoms with van der Waals surface area (Å²) in [6.45, 7) is 6.12. The van der Waals surface area contributed by atoms with Crippen LogP contribution in [0.25, 0.3) is 0 Å². The third-order valence-electron chi connectivity index (χ3n) is 2.27. The second-order valence-electron chi connectivity index (χ2n) is 3.91. The fraction of sp³-hybridized carbons (Fsp3) is 0.200. The van der Waals surface area contributed by atoms with Crippen LogP contribution in [0.2, 0.25) is 5.02 Å². The minimum atomic E-state index is 0.856. The van der Waals surface area contributed by atoms with Crippen LogP contribution in [-0.2, 0) is 0 Å². The SMILES string of the molecule is Cc1ccc(C)c(Cl)c1.Cc1ccccc1. The van der Waals surface area contributed by atoms with Crippen molar-refractivity contribution in [2.45, 2.75) is 20.8 Å². The topological polar surface area (TPSA) is 0 Å². The number of halogens is 1. The van der Waals surface area contributed by atoms with Gasteiger partial charge in [-0.1, -0.05) is 59.6 Å². The summed E-state index contributed by atoms with van der Waals surface area (Å²) in [6, 6.07) is 16.3. The van der Waals surface area contributed by atoms with Gasteiger partial charge in [-0.05, 0) is 38.0 Å². The smallest absolute Gasteiger partial charge is 0.0437 e. The van der Waals surface area contributed by atoms with Crippen LogP contribution in [0.5, 0.6) is 0 Å². The van der Waals surface area contributed by atoms with E-state index in [4.69, 9.17) is 11.6 Å². The van der Waals surface area contributed by atoms with E-state index in [-0.39, 0.29) is 0 Å². The van der Waals surface area contributed by atoms with Crippen LogP contribution in [0, 0.1) is 20.8 Å². The molecule has 0 bridgehead atoms. The van der Waals surface area contributed by atoms with Gasteiger partial charge in [0.1, 0.15) is 0 Å². The van der Waals surface area contributed by atoms with E-state index < -0.39 is 0 Å². The Kier molecular flexibility index (Phi) is 5.07. The van der Waals surface area contributed by atoms with Crippen LogP contribution in [0.15, 0.2) is 48.5 Å². The molecule has 0 aromatic heterocycles. The first-order chi connectivity index (χ1) is 7.59. The Morgan fingerprint density at radius 2 is 1.38 bits per heavy atom. The Labute approximate surface area is 103 Å². The van der Waals surface area contributed by atoms with E-state index in [1.807, 2.05) is 44.2 Å². The van der Waals surface area contributed by atoms with Gasteiger partial charge in [-0.2, -0.15) is 0 Å². The zero-order valence-corrected chi connectivity index (χ0v) is 10.8. The van der Waals surface area contributed by atoms with Gasteiger partial charge < -0.3 is 0 Å². The highest BCUT2D eigenvalue weighted by molar-refractivity contribution is 6.31. The van der Waals surface area contributed by atoms with Gasteiger partial charge in [0.05, 0.1) is 0 Å². The maximum Gasteiger partial charge on any atom is 0.0437 e. The summed E-state index contributed by atoms with van der Waals surface area (Å²) in [4.78, 5) is 0. The third-order valence-corrected chi connectivity index (χ3v) is 2.67. The number of rotatable bonds is 0. The van der Waals surface area contributed by atoms with E-state index in [1.54, 1.807) is 0 Å². The lowest BCUT2D eigenvalue weighted by Gasteiger charge is -1.96.